The molecule has 1 aromatic rings. The van der Waals surface area contributed by atoms with Crippen LogP contribution in [0.15, 0.2) is 35.2 Å². The second kappa shape index (κ2) is 7.96. The number of nitrogens with zero attached hydrogens (tertiary/aromatic N) is 1. The summed E-state index contributed by atoms with van der Waals surface area (Å²) >= 11 is 1.09. The van der Waals surface area contributed by atoms with Crippen molar-refractivity contribution in [1.29, 1.82) is 5.26 Å². The molecule has 7 nitrogen and oxygen atoms in total. The maximum Gasteiger partial charge on any atom is 0.332 e. The van der Waals surface area contributed by atoms with Crippen molar-refractivity contribution in [2.45, 2.75) is 35.6 Å². The molecule has 1 heterocycles. The van der Waals surface area contributed by atoms with Crippen LogP contribution in [0.25, 0.3) is 0 Å². The lowest BCUT2D eigenvalue weighted by Gasteiger charge is -2.45. The summed E-state index contributed by atoms with van der Waals surface area (Å²) in [4.78, 5) is 13.1. The predicted octanol–water partition coefficient (Wildman–Crippen LogP) is 0.291. The zero-order valence-electron chi connectivity index (χ0n) is 13.0. The van der Waals surface area contributed by atoms with Crippen LogP contribution < -0.4 is 0 Å². The van der Waals surface area contributed by atoms with Gasteiger partial charge in [0.2, 0.25) is 5.41 Å². The third-order valence-electron chi connectivity index (χ3n) is 3.83. The molecule has 0 spiro atoms. The molecule has 0 aliphatic carbocycles. The van der Waals surface area contributed by atoms with Crippen molar-refractivity contribution >= 4 is 17.7 Å². The largest absolute Gasteiger partial charge is 0.465 e. The summed E-state index contributed by atoms with van der Waals surface area (Å²) in [6, 6.07) is 10.7. The Labute approximate surface area is 143 Å². The van der Waals surface area contributed by atoms with Crippen LogP contribution in [0.3, 0.4) is 0 Å². The number of hydrogen-bond donors (Lipinski definition) is 3. The first-order chi connectivity index (χ1) is 11.5. The Bertz CT molecular complexity index is 606. The third kappa shape index (κ3) is 3.27. The van der Waals surface area contributed by atoms with Gasteiger partial charge in [-0.1, -0.05) is 30.0 Å². The van der Waals surface area contributed by atoms with E-state index in [-0.39, 0.29) is 6.61 Å². The molecule has 1 saturated heterocycles. The van der Waals surface area contributed by atoms with E-state index in [0.717, 1.165) is 16.7 Å². The maximum absolute atomic E-state index is 12.3. The Morgan fingerprint density at radius 1 is 1.38 bits per heavy atom. The Hall–Kier alpha value is -1.63. The van der Waals surface area contributed by atoms with Crippen molar-refractivity contribution < 1.29 is 29.6 Å². The van der Waals surface area contributed by atoms with Crippen molar-refractivity contribution in [3.05, 3.63) is 30.3 Å². The Morgan fingerprint density at radius 2 is 2.04 bits per heavy atom. The van der Waals surface area contributed by atoms with E-state index < -0.39 is 41.7 Å². The molecular weight excluding hydrogens is 334 g/mol. The number of nitriles is 1. The Kier molecular flexibility index (Phi) is 6.21. The normalized spacial score (nSPS) is 32.8. The molecular formula is C16H19NO6S. The molecule has 1 aliphatic rings. The first-order valence-corrected chi connectivity index (χ1v) is 8.31. The smallest absolute Gasteiger partial charge is 0.332 e. The summed E-state index contributed by atoms with van der Waals surface area (Å²) in [6.07, 6.45) is -4.54. The number of rotatable bonds is 5. The molecule has 1 aromatic carbocycles. The number of carbonyl (C=O) groups is 1. The molecule has 0 radical (unpaired) electrons. The second-order valence-corrected chi connectivity index (χ2v) is 6.42. The van der Waals surface area contributed by atoms with Gasteiger partial charge in [0, 0.05) is 4.90 Å². The summed E-state index contributed by atoms with van der Waals surface area (Å²) in [6.45, 7) is 0.937. The lowest BCUT2D eigenvalue weighted by Crippen LogP contribution is -2.64. The van der Waals surface area contributed by atoms with Crippen molar-refractivity contribution in [2.24, 2.45) is 5.41 Å². The number of benzene rings is 1. The molecule has 24 heavy (non-hydrogen) atoms. The number of aliphatic hydroxyl groups excluding tert-OH is 3. The molecule has 0 unspecified atom stereocenters. The standard InChI is InChI=1S/C16H19NO6S/c1-2-22-15(21)16(9-17)12(19)11(8-18)23-14(13(16)20)24-10-6-4-3-5-7-10/h3-7,11-14,18-20H,2,8H2,1H3/t11-,12-,13+,14-,16+/m1/s1. The minimum absolute atomic E-state index is 0.0111. The fourth-order valence-electron chi connectivity index (χ4n) is 2.54. The fraction of sp³-hybridized carbons (Fsp3) is 0.500. The SMILES string of the molecule is CCOC(=O)[C@@]1(C#N)[C@H](O)[C@@H](CO)O[C@H](Sc2ccccc2)[C@@H]1O. The minimum Gasteiger partial charge on any atom is -0.465 e. The van der Waals surface area contributed by atoms with Gasteiger partial charge >= 0.3 is 5.97 Å². The fourth-order valence-corrected chi connectivity index (χ4v) is 3.67. The summed E-state index contributed by atoms with van der Waals surface area (Å²) in [5, 5.41) is 40.0. The van der Waals surface area contributed by atoms with Crippen LogP contribution in [-0.4, -0.2) is 58.3 Å². The molecule has 0 saturated carbocycles. The number of carbonyl (C=O) groups excluding carboxylic acids is 1. The van der Waals surface area contributed by atoms with Gasteiger partial charge in [-0.3, -0.25) is 4.79 Å². The maximum atomic E-state index is 12.3. The molecule has 8 heteroatoms. The van der Waals surface area contributed by atoms with Crippen molar-refractivity contribution in [1.82, 2.24) is 0 Å². The summed E-state index contributed by atoms with van der Waals surface area (Å²) in [7, 11) is 0. The van der Waals surface area contributed by atoms with Crippen LogP contribution in [0, 0.1) is 16.7 Å². The van der Waals surface area contributed by atoms with E-state index in [2.05, 4.69) is 0 Å². The minimum atomic E-state index is -2.23. The van der Waals surface area contributed by atoms with E-state index in [1.54, 1.807) is 37.3 Å². The topological polar surface area (TPSA) is 120 Å². The van der Waals surface area contributed by atoms with Gasteiger partial charge in [-0.15, -0.1) is 0 Å². The van der Waals surface area contributed by atoms with E-state index >= 15 is 0 Å². The van der Waals surface area contributed by atoms with Crippen molar-refractivity contribution in [3.63, 3.8) is 0 Å². The average molecular weight is 353 g/mol. The van der Waals surface area contributed by atoms with Gasteiger partial charge in [0.25, 0.3) is 0 Å². The zero-order valence-corrected chi connectivity index (χ0v) is 13.8. The Balaban J connectivity index is 2.37. The molecule has 1 fully saturated rings. The zero-order chi connectivity index (χ0) is 17.7. The second-order valence-electron chi connectivity index (χ2n) is 5.25. The van der Waals surface area contributed by atoms with Gasteiger partial charge in [-0.2, -0.15) is 5.26 Å². The van der Waals surface area contributed by atoms with E-state index in [4.69, 9.17) is 9.47 Å². The van der Waals surface area contributed by atoms with Gasteiger partial charge in [0.15, 0.2) is 0 Å². The van der Waals surface area contributed by atoms with Crippen LogP contribution in [0.4, 0.5) is 0 Å². The van der Waals surface area contributed by atoms with Crippen LogP contribution in [-0.2, 0) is 14.3 Å². The van der Waals surface area contributed by atoms with Gasteiger partial charge in [0.1, 0.15) is 23.7 Å². The van der Waals surface area contributed by atoms with E-state index in [1.807, 2.05) is 6.07 Å². The Morgan fingerprint density at radius 3 is 2.58 bits per heavy atom. The van der Waals surface area contributed by atoms with E-state index in [9.17, 15) is 25.4 Å². The van der Waals surface area contributed by atoms with Gasteiger partial charge in [0.05, 0.1) is 19.3 Å². The molecule has 5 atom stereocenters. The van der Waals surface area contributed by atoms with Crippen molar-refractivity contribution in [3.8, 4) is 6.07 Å². The highest BCUT2D eigenvalue weighted by atomic mass is 32.2. The van der Waals surface area contributed by atoms with Gasteiger partial charge in [-0.05, 0) is 19.1 Å². The number of thioether (sulfide) groups is 1. The molecule has 3 N–H and O–H groups in total. The van der Waals surface area contributed by atoms with Crippen LogP contribution in [0.2, 0.25) is 0 Å². The first kappa shape index (κ1) is 18.7. The molecule has 0 amide bonds. The molecule has 1 aliphatic heterocycles. The highest BCUT2D eigenvalue weighted by Gasteiger charge is 2.62. The highest BCUT2D eigenvalue weighted by molar-refractivity contribution is 7.99. The monoisotopic (exact) mass is 353 g/mol. The summed E-state index contributed by atoms with van der Waals surface area (Å²) < 4.78 is 10.4. The molecule has 0 bridgehead atoms. The quantitative estimate of drug-likeness (QED) is 0.646. The van der Waals surface area contributed by atoms with Crippen LogP contribution in [0.1, 0.15) is 6.92 Å². The van der Waals surface area contributed by atoms with Crippen LogP contribution >= 0.6 is 11.8 Å². The van der Waals surface area contributed by atoms with E-state index in [0.29, 0.717) is 0 Å². The summed E-state index contributed by atoms with van der Waals surface area (Å²) in [5.41, 5.74) is -3.26. The molecule has 2 rings (SSSR count). The predicted molar refractivity (Wildman–Crippen MR) is 84.7 cm³/mol. The van der Waals surface area contributed by atoms with E-state index in [1.165, 1.54) is 0 Å². The molecule has 130 valence electrons. The number of ether oxygens (including phenoxy) is 2. The number of esters is 1. The number of aliphatic hydroxyl groups is 3. The summed E-state index contributed by atoms with van der Waals surface area (Å²) in [5.74, 6) is -1.03. The highest BCUT2D eigenvalue weighted by Crippen LogP contribution is 2.43. The lowest BCUT2D eigenvalue weighted by atomic mass is 9.74. The average Bonchev–Trinajstić information content (AvgIpc) is 2.59. The van der Waals surface area contributed by atoms with Gasteiger partial charge < -0.3 is 24.8 Å². The lowest BCUT2D eigenvalue weighted by molar-refractivity contribution is -0.219. The molecule has 0 aromatic heterocycles. The number of hydrogen-bond acceptors (Lipinski definition) is 8. The van der Waals surface area contributed by atoms with Crippen molar-refractivity contribution in [2.75, 3.05) is 13.2 Å². The third-order valence-corrected chi connectivity index (χ3v) is 4.97. The van der Waals surface area contributed by atoms with Crippen LogP contribution in [0.5, 0.6) is 0 Å². The first-order valence-electron chi connectivity index (χ1n) is 7.43. The van der Waals surface area contributed by atoms with Gasteiger partial charge in [-0.25, -0.2) is 0 Å².